The molecule has 0 unspecified atom stereocenters. The molecule has 7 nitrogen and oxygen atoms in total. The second-order valence-corrected chi connectivity index (χ2v) is 8.44. The smallest absolute Gasteiger partial charge is 0.342 e. The van der Waals surface area contributed by atoms with Gasteiger partial charge in [-0.15, -0.1) is 0 Å². The van der Waals surface area contributed by atoms with Gasteiger partial charge in [0.1, 0.15) is 23.7 Å². The summed E-state index contributed by atoms with van der Waals surface area (Å²) in [7, 11) is 0. The Morgan fingerprint density at radius 3 is 2.28 bits per heavy atom. The fraction of sp³-hybridized carbons (Fsp3) is 0.250. The van der Waals surface area contributed by atoms with E-state index in [2.05, 4.69) is 0 Å². The molecule has 0 atom stereocenters. The van der Waals surface area contributed by atoms with Crippen molar-refractivity contribution in [3.05, 3.63) is 95.3 Å². The maximum absolute atomic E-state index is 14.5. The Balaban J connectivity index is 1.28. The number of anilines is 1. The number of ether oxygens (including phenoxy) is 2. The zero-order chi connectivity index (χ0) is 25.5. The summed E-state index contributed by atoms with van der Waals surface area (Å²) in [6.07, 6.45) is 0. The van der Waals surface area contributed by atoms with E-state index in [0.29, 0.717) is 49.8 Å². The quantitative estimate of drug-likeness (QED) is 0.349. The van der Waals surface area contributed by atoms with Crippen LogP contribution in [0.3, 0.4) is 0 Å². The molecule has 0 spiro atoms. The zero-order valence-electron chi connectivity index (χ0n) is 20.0. The van der Waals surface area contributed by atoms with Crippen molar-refractivity contribution in [1.29, 1.82) is 0 Å². The third-order valence-electron chi connectivity index (χ3n) is 6.00. The van der Waals surface area contributed by atoms with Crippen LogP contribution in [0.1, 0.15) is 33.2 Å². The predicted molar refractivity (Wildman–Crippen MR) is 133 cm³/mol. The first kappa shape index (κ1) is 24.9. The highest BCUT2D eigenvalue weighted by Gasteiger charge is 2.24. The minimum Gasteiger partial charge on any atom is -0.488 e. The molecule has 1 amide bonds. The fourth-order valence-corrected chi connectivity index (χ4v) is 3.97. The predicted octanol–water partition coefficient (Wildman–Crippen LogP) is 4.11. The molecule has 4 rings (SSSR count). The van der Waals surface area contributed by atoms with E-state index in [1.807, 2.05) is 35.2 Å². The number of ketones is 1. The number of para-hydroxylation sites is 1. The van der Waals surface area contributed by atoms with Crippen molar-refractivity contribution >= 4 is 23.3 Å². The average Bonchev–Trinajstić information content (AvgIpc) is 2.91. The van der Waals surface area contributed by atoms with Crippen molar-refractivity contribution < 1.29 is 28.2 Å². The number of hydrogen-bond donors (Lipinski definition) is 0. The molecule has 1 aliphatic heterocycles. The highest BCUT2D eigenvalue weighted by atomic mass is 19.1. The van der Waals surface area contributed by atoms with E-state index >= 15 is 0 Å². The van der Waals surface area contributed by atoms with Gasteiger partial charge in [0.25, 0.3) is 5.91 Å². The monoisotopic (exact) mass is 490 g/mol. The maximum Gasteiger partial charge on any atom is 0.342 e. The number of piperazine rings is 1. The van der Waals surface area contributed by atoms with Gasteiger partial charge in [-0.3, -0.25) is 9.59 Å². The van der Waals surface area contributed by atoms with Gasteiger partial charge < -0.3 is 19.3 Å². The van der Waals surface area contributed by atoms with Gasteiger partial charge in [-0.2, -0.15) is 0 Å². The summed E-state index contributed by atoms with van der Waals surface area (Å²) in [4.78, 5) is 40.2. The van der Waals surface area contributed by atoms with Crippen LogP contribution < -0.4 is 9.64 Å². The summed E-state index contributed by atoms with van der Waals surface area (Å²) in [5.74, 6) is -1.25. The first-order valence-corrected chi connectivity index (χ1v) is 11.7. The number of esters is 1. The maximum atomic E-state index is 14.5. The molecule has 1 heterocycles. The van der Waals surface area contributed by atoms with E-state index in [1.165, 1.54) is 13.0 Å². The van der Waals surface area contributed by atoms with E-state index in [-0.39, 0.29) is 17.3 Å². The van der Waals surface area contributed by atoms with Crippen LogP contribution in [0.25, 0.3) is 0 Å². The third-order valence-corrected chi connectivity index (χ3v) is 6.00. The minimum absolute atomic E-state index is 0.198. The molecule has 1 aliphatic rings. The molecule has 0 aromatic heterocycles. The van der Waals surface area contributed by atoms with Gasteiger partial charge in [0.05, 0.1) is 5.69 Å². The third kappa shape index (κ3) is 6.07. The number of benzene rings is 3. The normalized spacial score (nSPS) is 13.3. The molecule has 0 bridgehead atoms. The van der Waals surface area contributed by atoms with Crippen LogP contribution in [0.4, 0.5) is 10.1 Å². The highest BCUT2D eigenvalue weighted by molar-refractivity contribution is 5.95. The number of carbonyl (C=O) groups excluding carboxylic acids is 3. The summed E-state index contributed by atoms with van der Waals surface area (Å²) < 4.78 is 25.5. The van der Waals surface area contributed by atoms with Gasteiger partial charge in [0.15, 0.2) is 12.4 Å². The lowest BCUT2D eigenvalue weighted by Crippen LogP contribution is -2.50. The average molecular weight is 491 g/mol. The summed E-state index contributed by atoms with van der Waals surface area (Å²) >= 11 is 0. The number of hydrogen-bond acceptors (Lipinski definition) is 6. The van der Waals surface area contributed by atoms with Crippen molar-refractivity contribution in [3.8, 4) is 5.75 Å². The van der Waals surface area contributed by atoms with Gasteiger partial charge in [0.2, 0.25) is 0 Å². The number of rotatable bonds is 8. The summed E-state index contributed by atoms with van der Waals surface area (Å²) in [5, 5.41) is 0. The number of Topliss-reactive ketones (excluding diaryl/α,β-unsaturated/α-hetero) is 1. The van der Waals surface area contributed by atoms with E-state index < -0.39 is 18.4 Å². The van der Waals surface area contributed by atoms with Crippen molar-refractivity contribution in [2.24, 2.45) is 0 Å². The molecule has 1 fully saturated rings. The molecular weight excluding hydrogens is 463 g/mol. The Bertz CT molecular complexity index is 1240. The van der Waals surface area contributed by atoms with E-state index in [4.69, 9.17) is 9.47 Å². The van der Waals surface area contributed by atoms with Crippen molar-refractivity contribution in [3.63, 3.8) is 0 Å². The topological polar surface area (TPSA) is 76.2 Å². The highest BCUT2D eigenvalue weighted by Crippen LogP contribution is 2.23. The minimum atomic E-state index is -0.640. The molecule has 186 valence electrons. The molecule has 0 saturated carbocycles. The molecule has 3 aromatic rings. The Hall–Kier alpha value is -4.20. The summed E-state index contributed by atoms with van der Waals surface area (Å²) in [5.41, 5.74) is 1.92. The van der Waals surface area contributed by atoms with Gasteiger partial charge in [-0.05, 0) is 42.8 Å². The summed E-state index contributed by atoms with van der Waals surface area (Å²) in [6.45, 7) is 2.86. The Labute approximate surface area is 209 Å². The number of nitrogens with zero attached hydrogens (tertiary/aromatic N) is 2. The zero-order valence-corrected chi connectivity index (χ0v) is 20.0. The van der Waals surface area contributed by atoms with Crippen molar-refractivity contribution in [2.45, 2.75) is 13.5 Å². The lowest BCUT2D eigenvalue weighted by molar-refractivity contribution is -0.134. The molecule has 1 saturated heterocycles. The van der Waals surface area contributed by atoms with Crippen LogP contribution in [-0.4, -0.2) is 55.3 Å². The van der Waals surface area contributed by atoms with E-state index in [0.717, 1.165) is 5.56 Å². The molecule has 8 heteroatoms. The first-order chi connectivity index (χ1) is 17.4. The van der Waals surface area contributed by atoms with Crippen LogP contribution in [0.15, 0.2) is 72.8 Å². The van der Waals surface area contributed by atoms with Crippen molar-refractivity contribution in [1.82, 2.24) is 4.90 Å². The second kappa shape index (κ2) is 11.5. The van der Waals surface area contributed by atoms with E-state index in [9.17, 15) is 18.8 Å². The van der Waals surface area contributed by atoms with E-state index in [1.54, 1.807) is 41.3 Å². The molecule has 0 N–H and O–H groups in total. The van der Waals surface area contributed by atoms with Crippen LogP contribution in [0.5, 0.6) is 5.75 Å². The van der Waals surface area contributed by atoms with Crippen molar-refractivity contribution in [2.75, 3.05) is 37.7 Å². The van der Waals surface area contributed by atoms with Crippen LogP contribution in [-0.2, 0) is 16.1 Å². The van der Waals surface area contributed by atoms with Gasteiger partial charge >= 0.3 is 5.97 Å². The van der Waals surface area contributed by atoms with Gasteiger partial charge in [-0.25, -0.2) is 9.18 Å². The van der Waals surface area contributed by atoms with Crippen LogP contribution in [0.2, 0.25) is 0 Å². The second-order valence-electron chi connectivity index (χ2n) is 8.44. The Morgan fingerprint density at radius 1 is 0.889 bits per heavy atom. The van der Waals surface area contributed by atoms with Gasteiger partial charge in [0, 0.05) is 31.7 Å². The molecule has 3 aromatic carbocycles. The molecule has 36 heavy (non-hydrogen) atoms. The number of carbonyl (C=O) groups is 3. The fourth-order valence-electron chi connectivity index (χ4n) is 3.97. The van der Waals surface area contributed by atoms with Gasteiger partial charge in [-0.1, -0.05) is 42.5 Å². The lowest BCUT2D eigenvalue weighted by Gasteiger charge is -2.36. The molecule has 0 radical (unpaired) electrons. The lowest BCUT2D eigenvalue weighted by atomic mass is 10.1. The standard InChI is InChI=1S/C28H27FN2O5/c1-20(32)22-11-12-25(24(29)17-22)30-13-15-31(16-14-30)27(33)19-36-28(34)23-9-5-6-10-26(23)35-18-21-7-3-2-4-8-21/h2-12,17H,13-16,18-19H2,1H3. The summed E-state index contributed by atoms with van der Waals surface area (Å²) in [6, 6.07) is 20.7. The number of amides is 1. The largest absolute Gasteiger partial charge is 0.488 e. The molecule has 0 aliphatic carbocycles. The molecular formula is C28H27FN2O5. The first-order valence-electron chi connectivity index (χ1n) is 11.7. The Morgan fingerprint density at radius 2 is 1.58 bits per heavy atom. The SMILES string of the molecule is CC(=O)c1ccc(N2CCN(C(=O)COC(=O)c3ccccc3OCc3ccccc3)CC2)c(F)c1. The van der Waals surface area contributed by atoms with Crippen LogP contribution in [0, 0.1) is 5.82 Å². The van der Waals surface area contributed by atoms with Crippen LogP contribution >= 0.6 is 0 Å². The Kier molecular flexibility index (Phi) is 7.95. The number of halogens is 1.